The van der Waals surface area contributed by atoms with Gasteiger partial charge in [0.1, 0.15) is 11.4 Å². The Morgan fingerprint density at radius 3 is 2.27 bits per heavy atom. The van der Waals surface area contributed by atoms with Gasteiger partial charge in [0.2, 0.25) is 0 Å². The fourth-order valence-corrected chi connectivity index (χ4v) is 0.986. The van der Waals surface area contributed by atoms with Gasteiger partial charge in [-0.3, -0.25) is 0 Å². The van der Waals surface area contributed by atoms with E-state index in [0.29, 0.717) is 11.4 Å². The molecule has 0 atom stereocenters. The maximum atomic E-state index is 5.26. The number of rotatable bonds is 0. The Balaban J connectivity index is 3.03. The van der Waals surface area contributed by atoms with Gasteiger partial charge >= 0.3 is 0 Å². The molecule has 0 spiro atoms. The van der Waals surface area contributed by atoms with E-state index in [2.05, 4.69) is 15.9 Å². The summed E-state index contributed by atoms with van der Waals surface area (Å²) in [5.74, 6) is 0. The van der Waals surface area contributed by atoms with Crippen molar-refractivity contribution in [1.29, 1.82) is 0 Å². The average Bonchev–Trinajstić information content (AvgIpc) is 2.04. The van der Waals surface area contributed by atoms with Crippen molar-refractivity contribution in [3.63, 3.8) is 0 Å². The second-order valence-electron chi connectivity index (χ2n) is 1.99. The van der Waals surface area contributed by atoms with Crippen LogP contribution in [0.4, 0.5) is 0 Å². The van der Waals surface area contributed by atoms with E-state index in [1.165, 1.54) is 0 Å². The summed E-state index contributed by atoms with van der Waals surface area (Å²) in [5, 5.41) is 0. The summed E-state index contributed by atoms with van der Waals surface area (Å²) in [6.45, 7) is 3.70. The highest BCUT2D eigenvalue weighted by Crippen LogP contribution is 2.07. The lowest BCUT2D eigenvalue weighted by atomic mass is 10.1. The molecule has 0 heterocycles. The SMILES string of the molecule is [CH2]C1=CC(=NCl)C(=NCl)C=C1. The Labute approximate surface area is 75.2 Å². The van der Waals surface area contributed by atoms with Gasteiger partial charge in [0.15, 0.2) is 0 Å². The predicted octanol–water partition coefficient (Wildman–Crippen LogP) is 2.51. The monoisotopic (exact) mass is 187 g/mol. The molecule has 0 saturated carbocycles. The van der Waals surface area contributed by atoms with Gasteiger partial charge in [-0.15, -0.1) is 0 Å². The van der Waals surface area contributed by atoms with Gasteiger partial charge in [-0.2, -0.15) is 9.02 Å². The van der Waals surface area contributed by atoms with Crippen molar-refractivity contribution in [2.75, 3.05) is 0 Å². The minimum atomic E-state index is 0.536. The Morgan fingerprint density at radius 1 is 1.09 bits per heavy atom. The first-order valence-electron chi connectivity index (χ1n) is 2.88. The van der Waals surface area contributed by atoms with E-state index >= 15 is 0 Å². The van der Waals surface area contributed by atoms with Crippen LogP contribution in [0.25, 0.3) is 0 Å². The quantitative estimate of drug-likeness (QED) is 0.521. The van der Waals surface area contributed by atoms with Gasteiger partial charge in [0.25, 0.3) is 0 Å². The standard InChI is InChI=1S/C7H5Cl2N2/c1-5-2-3-6(10-8)7(4-5)11-9/h2-4H,1H2. The first-order chi connectivity index (χ1) is 5.27. The van der Waals surface area contributed by atoms with E-state index in [9.17, 15) is 0 Å². The largest absolute Gasteiger partial charge is 0.176 e. The summed E-state index contributed by atoms with van der Waals surface area (Å²) < 4.78 is 6.90. The summed E-state index contributed by atoms with van der Waals surface area (Å²) in [5.41, 5.74) is 1.91. The molecule has 0 saturated heterocycles. The number of nitrogens with zero attached hydrogens (tertiary/aromatic N) is 2. The van der Waals surface area contributed by atoms with Crippen molar-refractivity contribution in [3.05, 3.63) is 30.7 Å². The maximum Gasteiger partial charge on any atom is 0.105 e. The van der Waals surface area contributed by atoms with Crippen LogP contribution in [0.5, 0.6) is 0 Å². The van der Waals surface area contributed by atoms with Crippen LogP contribution in [0.3, 0.4) is 0 Å². The lowest BCUT2D eigenvalue weighted by molar-refractivity contribution is 1.68. The number of hydrogen-bond acceptors (Lipinski definition) is 2. The molecule has 4 heteroatoms. The molecule has 11 heavy (non-hydrogen) atoms. The van der Waals surface area contributed by atoms with Crippen molar-refractivity contribution < 1.29 is 0 Å². The van der Waals surface area contributed by atoms with E-state index in [4.69, 9.17) is 23.6 Å². The molecule has 0 aromatic rings. The zero-order chi connectivity index (χ0) is 8.27. The highest BCUT2D eigenvalue weighted by Gasteiger charge is 2.06. The van der Waals surface area contributed by atoms with Crippen molar-refractivity contribution in [2.45, 2.75) is 0 Å². The molecule has 0 bridgehead atoms. The summed E-state index contributed by atoms with van der Waals surface area (Å²) >= 11 is 10.5. The van der Waals surface area contributed by atoms with Crippen LogP contribution in [0, 0.1) is 6.92 Å². The van der Waals surface area contributed by atoms with Crippen molar-refractivity contribution in [3.8, 4) is 0 Å². The Kier molecular flexibility index (Phi) is 2.85. The van der Waals surface area contributed by atoms with Gasteiger partial charge < -0.3 is 0 Å². The van der Waals surface area contributed by atoms with Crippen molar-refractivity contribution >= 4 is 35.0 Å². The van der Waals surface area contributed by atoms with E-state index in [0.717, 1.165) is 5.57 Å². The van der Waals surface area contributed by atoms with Crippen LogP contribution < -0.4 is 0 Å². The zero-order valence-electron chi connectivity index (χ0n) is 5.59. The van der Waals surface area contributed by atoms with Crippen LogP contribution >= 0.6 is 23.6 Å². The molecule has 0 aliphatic heterocycles. The molecular formula is C7H5Cl2N2. The molecule has 0 aromatic carbocycles. The van der Waals surface area contributed by atoms with Crippen LogP contribution in [0.15, 0.2) is 32.8 Å². The van der Waals surface area contributed by atoms with E-state index in [1.54, 1.807) is 18.2 Å². The first kappa shape index (κ1) is 8.50. The molecule has 0 fully saturated rings. The number of halogens is 2. The lowest BCUT2D eigenvalue weighted by Gasteiger charge is -2.03. The molecule has 1 aliphatic rings. The number of hydrogen-bond donors (Lipinski definition) is 0. The molecule has 0 N–H and O–H groups in total. The first-order valence-corrected chi connectivity index (χ1v) is 3.55. The molecule has 1 aliphatic carbocycles. The highest BCUT2D eigenvalue weighted by atomic mass is 35.5. The zero-order valence-corrected chi connectivity index (χ0v) is 7.10. The van der Waals surface area contributed by atoms with Gasteiger partial charge in [0.05, 0.1) is 0 Å². The van der Waals surface area contributed by atoms with Crippen LogP contribution in [-0.2, 0) is 0 Å². The number of allylic oxidation sites excluding steroid dienone is 4. The molecule has 1 radical (unpaired) electrons. The maximum absolute atomic E-state index is 5.26. The van der Waals surface area contributed by atoms with Crippen molar-refractivity contribution in [2.24, 2.45) is 9.02 Å². The molecule has 0 amide bonds. The van der Waals surface area contributed by atoms with Gasteiger partial charge in [-0.1, -0.05) is 6.08 Å². The predicted molar refractivity (Wildman–Crippen MR) is 49.2 cm³/mol. The smallest absolute Gasteiger partial charge is 0.105 e. The topological polar surface area (TPSA) is 24.7 Å². The Hall–Kier alpha value is -0.600. The Bertz CT molecular complexity index is 274. The molecule has 2 nitrogen and oxygen atoms in total. The minimum absolute atomic E-state index is 0.536. The molecular weight excluding hydrogens is 183 g/mol. The van der Waals surface area contributed by atoms with Crippen LogP contribution in [0.2, 0.25) is 0 Å². The summed E-state index contributed by atoms with van der Waals surface area (Å²) in [7, 11) is 0. The van der Waals surface area contributed by atoms with Crippen molar-refractivity contribution in [1.82, 2.24) is 0 Å². The molecule has 0 unspecified atom stereocenters. The average molecular weight is 188 g/mol. The summed E-state index contributed by atoms with van der Waals surface area (Å²) in [4.78, 5) is 0. The van der Waals surface area contributed by atoms with E-state index < -0.39 is 0 Å². The summed E-state index contributed by atoms with van der Waals surface area (Å²) in [6.07, 6.45) is 5.19. The second-order valence-corrected chi connectivity index (χ2v) is 2.33. The van der Waals surface area contributed by atoms with Crippen LogP contribution in [-0.4, -0.2) is 11.4 Å². The van der Waals surface area contributed by atoms with Gasteiger partial charge in [-0.25, -0.2) is 0 Å². The van der Waals surface area contributed by atoms with E-state index in [-0.39, 0.29) is 0 Å². The second kappa shape index (κ2) is 3.69. The Morgan fingerprint density at radius 2 is 1.73 bits per heavy atom. The third-order valence-corrected chi connectivity index (χ3v) is 1.59. The lowest BCUT2D eigenvalue weighted by Crippen LogP contribution is -2.10. The molecule has 57 valence electrons. The van der Waals surface area contributed by atoms with Crippen LogP contribution in [0.1, 0.15) is 0 Å². The van der Waals surface area contributed by atoms with Gasteiger partial charge in [0, 0.05) is 23.6 Å². The van der Waals surface area contributed by atoms with Gasteiger partial charge in [-0.05, 0) is 24.6 Å². The third kappa shape index (κ3) is 1.91. The molecule has 0 aromatic heterocycles. The molecule has 1 rings (SSSR count). The highest BCUT2D eigenvalue weighted by molar-refractivity contribution is 6.56. The van der Waals surface area contributed by atoms with E-state index in [1.807, 2.05) is 0 Å². The summed E-state index contributed by atoms with van der Waals surface area (Å²) in [6, 6.07) is 0. The minimum Gasteiger partial charge on any atom is -0.176 e. The third-order valence-electron chi connectivity index (χ3n) is 1.22. The fraction of sp³-hybridized carbons (Fsp3) is 0. The normalized spacial score (nSPS) is 24.5. The fourth-order valence-electron chi connectivity index (χ4n) is 0.708.